The third-order valence-corrected chi connectivity index (χ3v) is 4.61. The van der Waals surface area contributed by atoms with Gasteiger partial charge in [-0.05, 0) is 29.8 Å². The van der Waals surface area contributed by atoms with Gasteiger partial charge in [0.05, 0.1) is 18.4 Å². The Balaban J connectivity index is 1.49. The monoisotopic (exact) mass is 405 g/mol. The zero-order chi connectivity index (χ0) is 21.5. The molecule has 0 aliphatic carbocycles. The van der Waals surface area contributed by atoms with E-state index in [1.165, 1.54) is 0 Å². The molecule has 2 aromatic carbocycles. The van der Waals surface area contributed by atoms with Crippen LogP contribution in [0.25, 0.3) is 5.69 Å². The van der Waals surface area contributed by atoms with Crippen molar-refractivity contribution in [1.29, 1.82) is 0 Å². The molecule has 0 radical (unpaired) electrons. The molecule has 0 spiro atoms. The van der Waals surface area contributed by atoms with Crippen LogP contribution in [-0.4, -0.2) is 33.7 Å². The molecule has 0 aliphatic rings. The van der Waals surface area contributed by atoms with Crippen molar-refractivity contribution in [2.75, 3.05) is 12.4 Å². The molecule has 30 heavy (non-hydrogen) atoms. The van der Waals surface area contributed by atoms with Gasteiger partial charge in [0.1, 0.15) is 0 Å². The third-order valence-electron chi connectivity index (χ3n) is 4.61. The lowest BCUT2D eigenvalue weighted by molar-refractivity contribution is -0.118. The van der Waals surface area contributed by atoms with Gasteiger partial charge in [-0.25, -0.2) is 9.48 Å². The number of urea groups is 1. The molecular weight excluding hydrogens is 378 g/mol. The van der Waals surface area contributed by atoms with Crippen LogP contribution in [-0.2, 0) is 17.9 Å². The predicted molar refractivity (Wildman–Crippen MR) is 117 cm³/mol. The van der Waals surface area contributed by atoms with Crippen molar-refractivity contribution in [3.63, 3.8) is 0 Å². The number of benzene rings is 2. The molecule has 2 N–H and O–H groups in total. The van der Waals surface area contributed by atoms with Crippen molar-refractivity contribution in [3.05, 3.63) is 78.1 Å². The summed E-state index contributed by atoms with van der Waals surface area (Å²) in [5, 5.41) is 10.1. The largest absolute Gasteiger partial charge is 0.334 e. The van der Waals surface area contributed by atoms with E-state index in [1.54, 1.807) is 22.8 Å². The van der Waals surface area contributed by atoms with Gasteiger partial charge in [0, 0.05) is 37.0 Å². The van der Waals surface area contributed by atoms with Crippen molar-refractivity contribution < 1.29 is 9.59 Å². The third kappa shape index (κ3) is 5.70. The number of carbonyl (C=O) groups is 2. The van der Waals surface area contributed by atoms with Gasteiger partial charge >= 0.3 is 6.03 Å². The zero-order valence-corrected chi connectivity index (χ0v) is 17.5. The average Bonchev–Trinajstić information content (AvgIpc) is 3.22. The highest BCUT2D eigenvalue weighted by molar-refractivity contribution is 5.92. The molecular formula is C23H27N5O2. The molecule has 0 fully saturated rings. The Morgan fingerprint density at radius 2 is 1.73 bits per heavy atom. The maximum absolute atomic E-state index is 12.4. The van der Waals surface area contributed by atoms with Gasteiger partial charge in [0.25, 0.3) is 0 Å². The fourth-order valence-corrected chi connectivity index (χ4v) is 2.81. The molecule has 0 aliphatic heterocycles. The molecule has 1 heterocycles. The zero-order valence-electron chi connectivity index (χ0n) is 17.5. The summed E-state index contributed by atoms with van der Waals surface area (Å²) in [7, 11) is 1.75. The number of hydrogen-bond donors (Lipinski definition) is 2. The predicted octanol–water partition coefficient (Wildman–Crippen LogP) is 3.81. The van der Waals surface area contributed by atoms with Crippen LogP contribution in [0.4, 0.5) is 10.5 Å². The van der Waals surface area contributed by atoms with Crippen LogP contribution in [0.5, 0.6) is 0 Å². The topological polar surface area (TPSA) is 79.3 Å². The van der Waals surface area contributed by atoms with Crippen LogP contribution in [0, 0.1) is 5.92 Å². The minimum Gasteiger partial charge on any atom is -0.334 e. The van der Waals surface area contributed by atoms with Crippen LogP contribution in [0.3, 0.4) is 0 Å². The Labute approximate surface area is 176 Å². The lowest BCUT2D eigenvalue weighted by atomic mass is 10.1. The van der Waals surface area contributed by atoms with Gasteiger partial charge in [-0.3, -0.25) is 4.79 Å². The average molecular weight is 406 g/mol. The van der Waals surface area contributed by atoms with Crippen molar-refractivity contribution >= 4 is 17.6 Å². The smallest absolute Gasteiger partial charge is 0.317 e. The number of hydrogen-bond acceptors (Lipinski definition) is 3. The second-order valence-electron chi connectivity index (χ2n) is 7.48. The summed E-state index contributed by atoms with van der Waals surface area (Å²) in [6.45, 7) is 4.56. The van der Waals surface area contributed by atoms with E-state index in [0.29, 0.717) is 13.1 Å². The van der Waals surface area contributed by atoms with Gasteiger partial charge in [0.15, 0.2) is 0 Å². The second-order valence-corrected chi connectivity index (χ2v) is 7.48. The van der Waals surface area contributed by atoms with E-state index in [2.05, 4.69) is 15.7 Å². The van der Waals surface area contributed by atoms with Gasteiger partial charge < -0.3 is 15.5 Å². The van der Waals surface area contributed by atoms with E-state index in [4.69, 9.17) is 0 Å². The number of nitrogens with one attached hydrogen (secondary N) is 2. The minimum atomic E-state index is -0.167. The standard InChI is InChI=1S/C23H27N5O2/c1-17(2)22(29)26-20-11-9-18(10-12-20)13-24-23(30)27(3)15-19-14-25-28(16-19)21-7-5-4-6-8-21/h4-12,14,16-17H,13,15H2,1-3H3,(H,24,30)(H,26,29). The number of anilines is 1. The minimum absolute atomic E-state index is 0.0201. The Kier molecular flexibility index (Phi) is 6.85. The first-order valence-electron chi connectivity index (χ1n) is 9.90. The Morgan fingerprint density at radius 1 is 1.03 bits per heavy atom. The fourth-order valence-electron chi connectivity index (χ4n) is 2.81. The lowest BCUT2D eigenvalue weighted by Gasteiger charge is -2.17. The fraction of sp³-hybridized carbons (Fsp3) is 0.261. The van der Waals surface area contributed by atoms with Crippen molar-refractivity contribution in [1.82, 2.24) is 20.0 Å². The van der Waals surface area contributed by atoms with E-state index < -0.39 is 0 Å². The Hall–Kier alpha value is -3.61. The molecule has 0 saturated carbocycles. The summed E-state index contributed by atoms with van der Waals surface area (Å²) in [6, 6.07) is 17.1. The number of nitrogens with zero attached hydrogens (tertiary/aromatic N) is 3. The van der Waals surface area contributed by atoms with Crippen LogP contribution >= 0.6 is 0 Å². The first kappa shape index (κ1) is 21.1. The SMILES string of the molecule is CC(C)C(=O)Nc1ccc(CNC(=O)N(C)Cc2cnn(-c3ccccc3)c2)cc1. The van der Waals surface area contributed by atoms with Gasteiger partial charge in [-0.1, -0.05) is 44.2 Å². The molecule has 3 amide bonds. The van der Waals surface area contributed by atoms with E-state index in [9.17, 15) is 9.59 Å². The maximum Gasteiger partial charge on any atom is 0.317 e. The summed E-state index contributed by atoms with van der Waals surface area (Å²) in [6.07, 6.45) is 3.68. The van der Waals surface area contributed by atoms with Crippen molar-refractivity contribution in [3.8, 4) is 5.69 Å². The van der Waals surface area contributed by atoms with E-state index >= 15 is 0 Å². The molecule has 0 unspecified atom stereocenters. The van der Waals surface area contributed by atoms with Crippen molar-refractivity contribution in [2.24, 2.45) is 5.92 Å². The van der Waals surface area contributed by atoms with Crippen LogP contribution < -0.4 is 10.6 Å². The second kappa shape index (κ2) is 9.73. The summed E-state index contributed by atoms with van der Waals surface area (Å²) in [4.78, 5) is 25.8. The molecule has 7 heteroatoms. The van der Waals surface area contributed by atoms with E-state index in [0.717, 1.165) is 22.5 Å². The molecule has 0 bridgehead atoms. The summed E-state index contributed by atoms with van der Waals surface area (Å²) in [5.74, 6) is -0.0902. The molecule has 3 aromatic rings. The number of amides is 3. The normalized spacial score (nSPS) is 10.7. The van der Waals surface area contributed by atoms with Crippen molar-refractivity contribution in [2.45, 2.75) is 26.9 Å². The summed E-state index contributed by atoms with van der Waals surface area (Å²) >= 11 is 0. The van der Waals surface area contributed by atoms with Crippen LogP contribution in [0.1, 0.15) is 25.0 Å². The molecule has 3 rings (SSSR count). The summed E-state index contributed by atoms with van der Waals surface area (Å²) in [5.41, 5.74) is 3.62. The maximum atomic E-state index is 12.4. The van der Waals surface area contributed by atoms with E-state index in [1.807, 2.05) is 74.6 Å². The first-order chi connectivity index (χ1) is 14.4. The number of rotatable bonds is 7. The highest BCUT2D eigenvalue weighted by Crippen LogP contribution is 2.12. The van der Waals surface area contributed by atoms with Gasteiger partial charge in [-0.2, -0.15) is 5.10 Å². The lowest BCUT2D eigenvalue weighted by Crippen LogP contribution is -2.36. The van der Waals surface area contributed by atoms with Crippen LogP contribution in [0.15, 0.2) is 67.0 Å². The molecule has 156 valence electrons. The first-order valence-corrected chi connectivity index (χ1v) is 9.90. The molecule has 1 aromatic heterocycles. The quantitative estimate of drug-likeness (QED) is 0.627. The number of carbonyl (C=O) groups excluding carboxylic acids is 2. The molecule has 0 atom stereocenters. The Bertz CT molecular complexity index is 980. The van der Waals surface area contributed by atoms with Crippen LogP contribution in [0.2, 0.25) is 0 Å². The van der Waals surface area contributed by atoms with E-state index in [-0.39, 0.29) is 17.9 Å². The molecule has 0 saturated heterocycles. The Morgan fingerprint density at radius 3 is 2.40 bits per heavy atom. The highest BCUT2D eigenvalue weighted by atomic mass is 16.2. The number of para-hydroxylation sites is 1. The van der Waals surface area contributed by atoms with Gasteiger partial charge in [-0.15, -0.1) is 0 Å². The number of aromatic nitrogens is 2. The summed E-state index contributed by atoms with van der Waals surface area (Å²) < 4.78 is 1.79. The molecule has 7 nitrogen and oxygen atoms in total. The highest BCUT2D eigenvalue weighted by Gasteiger charge is 2.11. The van der Waals surface area contributed by atoms with Gasteiger partial charge in [0.2, 0.25) is 5.91 Å².